The van der Waals surface area contributed by atoms with Gasteiger partial charge in [0.1, 0.15) is 0 Å². The molecule has 1 saturated carbocycles. The number of carbonyl (C=O) groups excluding carboxylic acids is 1. The Labute approximate surface area is 223 Å². The third kappa shape index (κ3) is 4.93. The van der Waals surface area contributed by atoms with Crippen molar-refractivity contribution in [1.82, 2.24) is 19.4 Å². The van der Waals surface area contributed by atoms with Crippen molar-refractivity contribution in [3.8, 4) is 0 Å². The zero-order valence-electron chi connectivity index (χ0n) is 22.3. The number of aromatic nitrogens is 2. The maximum Gasteiger partial charge on any atom is 0.250 e. The number of rotatable bonds is 7. The second-order valence-corrected chi connectivity index (χ2v) is 11.1. The van der Waals surface area contributed by atoms with E-state index in [-0.39, 0.29) is 23.3 Å². The van der Waals surface area contributed by atoms with Crippen molar-refractivity contribution in [1.29, 1.82) is 0 Å². The van der Waals surface area contributed by atoms with Crippen LogP contribution in [0.25, 0.3) is 10.9 Å². The number of carbonyl (C=O) groups is 1. The molecule has 1 aliphatic heterocycles. The molecular formula is C32H36N4O2. The summed E-state index contributed by atoms with van der Waals surface area (Å²) in [5, 5.41) is 4.66. The van der Waals surface area contributed by atoms with E-state index in [1.54, 1.807) is 17.7 Å². The standard InChI is InChI=1S/C32H36N4O2/c1-22-6-5-7-23(16-22)19-35-20-25(28-8-3-4-9-30(28)35)21-36(26-10-11-26)32(38)29-18-33-14-12-27(29)24-13-15-34(2)31(37)17-24/h3-9,13,15-17,20,26-27,29,33H,10-12,14,18-19,21H2,1-2H3. The van der Waals surface area contributed by atoms with Crippen molar-refractivity contribution in [2.24, 2.45) is 13.0 Å². The average Bonchev–Trinajstić information content (AvgIpc) is 3.72. The molecule has 2 fully saturated rings. The molecule has 1 aliphatic carbocycles. The van der Waals surface area contributed by atoms with Gasteiger partial charge in [0.15, 0.2) is 0 Å². The fraction of sp³-hybridized carbons (Fsp3) is 0.375. The minimum absolute atomic E-state index is 0.0206. The molecule has 0 radical (unpaired) electrons. The molecular weight excluding hydrogens is 472 g/mol. The summed E-state index contributed by atoms with van der Waals surface area (Å²) in [6.07, 6.45) is 7.04. The van der Waals surface area contributed by atoms with Gasteiger partial charge in [0.2, 0.25) is 5.91 Å². The van der Waals surface area contributed by atoms with Crippen LogP contribution in [-0.2, 0) is 24.9 Å². The van der Waals surface area contributed by atoms with Crippen LogP contribution in [0.1, 0.15) is 47.4 Å². The third-order valence-electron chi connectivity index (χ3n) is 8.27. The molecule has 2 aromatic heterocycles. The van der Waals surface area contributed by atoms with E-state index in [0.717, 1.165) is 37.9 Å². The van der Waals surface area contributed by atoms with Crippen LogP contribution in [0.4, 0.5) is 0 Å². The predicted octanol–water partition coefficient (Wildman–Crippen LogP) is 4.58. The van der Waals surface area contributed by atoms with Crippen molar-refractivity contribution >= 4 is 16.8 Å². The summed E-state index contributed by atoms with van der Waals surface area (Å²) in [7, 11) is 1.77. The van der Waals surface area contributed by atoms with Gasteiger partial charge < -0.3 is 19.4 Å². The van der Waals surface area contributed by atoms with E-state index >= 15 is 0 Å². The van der Waals surface area contributed by atoms with Crippen molar-refractivity contribution in [3.63, 3.8) is 0 Å². The van der Waals surface area contributed by atoms with Crippen LogP contribution in [-0.4, -0.2) is 39.1 Å². The maximum absolute atomic E-state index is 14.2. The van der Waals surface area contributed by atoms with Gasteiger partial charge in [0.05, 0.1) is 5.92 Å². The summed E-state index contributed by atoms with van der Waals surface area (Å²) in [6.45, 7) is 5.06. The summed E-state index contributed by atoms with van der Waals surface area (Å²) in [5.41, 5.74) is 5.90. The number of nitrogens with zero attached hydrogens (tertiary/aromatic N) is 3. The van der Waals surface area contributed by atoms with Crippen molar-refractivity contribution in [2.45, 2.75) is 51.2 Å². The van der Waals surface area contributed by atoms with Crippen LogP contribution in [0.5, 0.6) is 0 Å². The van der Waals surface area contributed by atoms with Gasteiger partial charge >= 0.3 is 0 Å². The van der Waals surface area contributed by atoms with Gasteiger partial charge in [-0.3, -0.25) is 9.59 Å². The molecule has 1 N–H and O–H groups in total. The quantitative estimate of drug-likeness (QED) is 0.398. The highest BCUT2D eigenvalue weighted by atomic mass is 16.2. The van der Waals surface area contributed by atoms with Gasteiger partial charge in [-0.2, -0.15) is 0 Å². The van der Waals surface area contributed by atoms with E-state index in [1.807, 2.05) is 12.3 Å². The molecule has 2 atom stereocenters. The van der Waals surface area contributed by atoms with Crippen molar-refractivity contribution in [2.75, 3.05) is 13.1 Å². The highest BCUT2D eigenvalue weighted by Gasteiger charge is 2.40. The topological polar surface area (TPSA) is 59.3 Å². The molecule has 3 heterocycles. The zero-order chi connectivity index (χ0) is 26.2. The van der Waals surface area contributed by atoms with Crippen LogP contribution in [0.15, 0.2) is 77.9 Å². The Morgan fingerprint density at radius 1 is 1.05 bits per heavy atom. The molecule has 2 unspecified atom stereocenters. The first-order chi connectivity index (χ1) is 18.5. The lowest BCUT2D eigenvalue weighted by atomic mass is 9.80. The number of nitrogens with one attached hydrogen (secondary N) is 1. The zero-order valence-corrected chi connectivity index (χ0v) is 22.3. The van der Waals surface area contributed by atoms with E-state index in [9.17, 15) is 9.59 Å². The monoisotopic (exact) mass is 508 g/mol. The van der Waals surface area contributed by atoms with Gasteiger partial charge in [0.25, 0.3) is 5.56 Å². The number of hydrogen-bond donors (Lipinski definition) is 1. The molecule has 6 heteroatoms. The first-order valence-corrected chi connectivity index (χ1v) is 13.8. The molecule has 38 heavy (non-hydrogen) atoms. The number of benzene rings is 2. The van der Waals surface area contributed by atoms with Gasteiger partial charge in [-0.05, 0) is 67.5 Å². The summed E-state index contributed by atoms with van der Waals surface area (Å²) in [6, 6.07) is 21.2. The fourth-order valence-corrected chi connectivity index (χ4v) is 6.07. The van der Waals surface area contributed by atoms with Gasteiger partial charge in [0, 0.05) is 62.1 Å². The fourth-order valence-electron chi connectivity index (χ4n) is 6.07. The van der Waals surface area contributed by atoms with Crippen molar-refractivity contribution in [3.05, 3.63) is 106 Å². The van der Waals surface area contributed by atoms with E-state index in [4.69, 9.17) is 0 Å². The smallest absolute Gasteiger partial charge is 0.250 e. The molecule has 196 valence electrons. The molecule has 6 nitrogen and oxygen atoms in total. The summed E-state index contributed by atoms with van der Waals surface area (Å²) < 4.78 is 3.91. The number of piperidine rings is 1. The Morgan fingerprint density at radius 3 is 2.68 bits per heavy atom. The van der Waals surface area contributed by atoms with Crippen molar-refractivity contribution < 1.29 is 4.79 Å². The van der Waals surface area contributed by atoms with E-state index in [1.165, 1.54) is 27.6 Å². The Balaban J connectivity index is 1.30. The Hall–Kier alpha value is -3.64. The molecule has 0 spiro atoms. The van der Waals surface area contributed by atoms with E-state index < -0.39 is 0 Å². The normalized spacial score (nSPS) is 19.5. The first kappa shape index (κ1) is 24.7. The SMILES string of the molecule is Cc1cccc(Cn2cc(CN(C(=O)C3CNCCC3c3ccn(C)c(=O)c3)C3CC3)c3ccccc32)c1. The molecule has 1 amide bonds. The summed E-state index contributed by atoms with van der Waals surface area (Å²) in [5.74, 6) is 0.0968. The van der Waals surface area contributed by atoms with E-state index in [0.29, 0.717) is 19.1 Å². The van der Waals surface area contributed by atoms with Gasteiger partial charge in [-0.1, -0.05) is 48.0 Å². The Bertz CT molecular complexity index is 1530. The minimum atomic E-state index is -0.169. The number of pyridine rings is 1. The second-order valence-electron chi connectivity index (χ2n) is 11.1. The van der Waals surface area contributed by atoms with Crippen LogP contribution >= 0.6 is 0 Å². The van der Waals surface area contributed by atoms with E-state index in [2.05, 4.69) is 76.4 Å². The molecule has 4 aromatic rings. The number of para-hydroxylation sites is 1. The largest absolute Gasteiger partial charge is 0.343 e. The summed E-state index contributed by atoms with van der Waals surface area (Å²) in [4.78, 5) is 28.7. The number of amides is 1. The van der Waals surface area contributed by atoms with Gasteiger partial charge in [-0.25, -0.2) is 0 Å². The maximum atomic E-state index is 14.2. The molecule has 1 saturated heterocycles. The molecule has 2 aliphatic rings. The molecule has 6 rings (SSSR count). The number of hydrogen-bond acceptors (Lipinski definition) is 3. The van der Waals surface area contributed by atoms with Gasteiger partial charge in [-0.15, -0.1) is 0 Å². The first-order valence-electron chi connectivity index (χ1n) is 13.8. The highest BCUT2D eigenvalue weighted by Crippen LogP contribution is 2.36. The third-order valence-corrected chi connectivity index (χ3v) is 8.27. The lowest BCUT2D eigenvalue weighted by molar-refractivity contribution is -0.138. The highest BCUT2D eigenvalue weighted by molar-refractivity contribution is 5.86. The Kier molecular flexibility index (Phi) is 6.66. The molecule has 2 aromatic carbocycles. The number of aryl methyl sites for hydroxylation is 2. The van der Waals surface area contributed by atoms with Crippen LogP contribution in [0.2, 0.25) is 0 Å². The average molecular weight is 509 g/mol. The predicted molar refractivity (Wildman–Crippen MR) is 151 cm³/mol. The molecule has 0 bridgehead atoms. The van der Waals surface area contributed by atoms with Crippen LogP contribution < -0.4 is 10.9 Å². The second kappa shape index (κ2) is 10.3. The minimum Gasteiger partial charge on any atom is -0.343 e. The van der Waals surface area contributed by atoms with Crippen LogP contribution in [0.3, 0.4) is 0 Å². The lowest BCUT2D eigenvalue weighted by Crippen LogP contribution is -2.47. The summed E-state index contributed by atoms with van der Waals surface area (Å²) >= 11 is 0. The Morgan fingerprint density at radius 2 is 1.89 bits per heavy atom. The van der Waals surface area contributed by atoms with Crippen LogP contribution in [0, 0.1) is 12.8 Å². The number of fused-ring (bicyclic) bond motifs is 1. The lowest BCUT2D eigenvalue weighted by Gasteiger charge is -2.35.